The molecule has 4 aliphatic rings. The number of aliphatic hydroxyl groups excluding tert-OH is 1. The van der Waals surface area contributed by atoms with E-state index in [0.29, 0.717) is 29.2 Å². The highest BCUT2D eigenvalue weighted by Gasteiger charge is 2.61. The molecule has 7 atom stereocenters. The lowest BCUT2D eigenvalue weighted by atomic mass is 9.45. The number of carbonyl (C=O) groups excluding carboxylic acids is 1. The fourth-order valence-corrected chi connectivity index (χ4v) is 8.00. The van der Waals surface area contributed by atoms with Crippen LogP contribution in [0.4, 0.5) is 13.2 Å². The molecule has 0 spiro atoms. The summed E-state index contributed by atoms with van der Waals surface area (Å²) in [5.41, 5.74) is 0.688. The Balaban J connectivity index is 1.41. The van der Waals surface area contributed by atoms with Crippen LogP contribution >= 0.6 is 0 Å². The van der Waals surface area contributed by atoms with Gasteiger partial charge in [-0.15, -0.1) is 0 Å². The predicted octanol–water partition coefficient (Wildman–Crippen LogP) is 6.67. The van der Waals surface area contributed by atoms with Crippen molar-refractivity contribution < 1.29 is 23.1 Å². The van der Waals surface area contributed by atoms with E-state index in [1.807, 2.05) is 6.08 Å². The number of halogens is 3. The fraction of sp³-hybridized carbons (Fsp3) is 0.667. The summed E-state index contributed by atoms with van der Waals surface area (Å²) in [7, 11) is 0. The SMILES string of the molecule is C[C@]12CC[C@H](O)C[C@H]1CC[C@@H]1[C@@H]2CC[C@]2(C)C(=O)/C(=C/c3ccc(C(F)(F)F)cc3)C[C@@H]12. The van der Waals surface area contributed by atoms with Crippen LogP contribution in [0, 0.1) is 34.5 Å². The maximum atomic E-state index is 13.5. The highest BCUT2D eigenvalue weighted by Crippen LogP contribution is 2.66. The topological polar surface area (TPSA) is 37.3 Å². The van der Waals surface area contributed by atoms with Crippen molar-refractivity contribution in [3.8, 4) is 0 Å². The molecular weight excluding hydrogens is 413 g/mol. The van der Waals surface area contributed by atoms with Gasteiger partial charge in [0.2, 0.25) is 0 Å². The van der Waals surface area contributed by atoms with Crippen LogP contribution < -0.4 is 0 Å². The molecule has 5 rings (SSSR count). The number of rotatable bonds is 1. The van der Waals surface area contributed by atoms with Gasteiger partial charge < -0.3 is 5.11 Å². The average Bonchev–Trinajstić information content (AvgIpc) is 2.99. The third-order valence-electron chi connectivity index (χ3n) is 9.86. The Hall–Kier alpha value is -1.62. The van der Waals surface area contributed by atoms with Gasteiger partial charge in [0.25, 0.3) is 0 Å². The number of carbonyl (C=O) groups is 1. The molecule has 1 aromatic carbocycles. The molecule has 1 aromatic rings. The summed E-state index contributed by atoms with van der Waals surface area (Å²) in [6.45, 7) is 4.56. The Morgan fingerprint density at radius 1 is 1.00 bits per heavy atom. The Bertz CT molecular complexity index is 933. The van der Waals surface area contributed by atoms with Crippen molar-refractivity contribution in [2.24, 2.45) is 34.5 Å². The summed E-state index contributed by atoms with van der Waals surface area (Å²) >= 11 is 0. The van der Waals surface area contributed by atoms with Crippen LogP contribution in [0.3, 0.4) is 0 Å². The maximum absolute atomic E-state index is 13.5. The number of ketones is 1. The summed E-state index contributed by atoms with van der Waals surface area (Å²) in [5.74, 6) is 2.22. The normalized spacial score (nSPS) is 43.0. The van der Waals surface area contributed by atoms with Gasteiger partial charge in [0.15, 0.2) is 5.78 Å². The minimum Gasteiger partial charge on any atom is -0.393 e. The Kier molecular flexibility index (Phi) is 5.16. The number of hydrogen-bond acceptors (Lipinski definition) is 2. The van der Waals surface area contributed by atoms with E-state index in [0.717, 1.165) is 69.1 Å². The largest absolute Gasteiger partial charge is 0.416 e. The van der Waals surface area contributed by atoms with Crippen molar-refractivity contribution in [3.05, 3.63) is 41.0 Å². The highest BCUT2D eigenvalue weighted by molar-refractivity contribution is 6.05. The number of aliphatic hydroxyl groups is 1. The summed E-state index contributed by atoms with van der Waals surface area (Å²) in [6, 6.07) is 5.12. The molecule has 174 valence electrons. The smallest absolute Gasteiger partial charge is 0.393 e. The lowest BCUT2D eigenvalue weighted by Gasteiger charge is -2.59. The first-order chi connectivity index (χ1) is 15.0. The number of Topliss-reactive ketones (excluding diaryl/α,β-unsaturated/α-hetero) is 1. The Morgan fingerprint density at radius 2 is 1.72 bits per heavy atom. The van der Waals surface area contributed by atoms with Gasteiger partial charge in [0.1, 0.15) is 0 Å². The van der Waals surface area contributed by atoms with E-state index in [2.05, 4.69) is 13.8 Å². The van der Waals surface area contributed by atoms with Crippen LogP contribution in [0.5, 0.6) is 0 Å². The lowest BCUT2D eigenvalue weighted by molar-refractivity contribution is -0.141. The molecule has 4 saturated carbocycles. The van der Waals surface area contributed by atoms with Crippen LogP contribution in [-0.2, 0) is 11.0 Å². The van der Waals surface area contributed by atoms with Gasteiger partial charge in [0, 0.05) is 5.41 Å². The molecule has 0 aromatic heterocycles. The molecular formula is C27H33F3O2. The van der Waals surface area contributed by atoms with E-state index in [1.165, 1.54) is 12.1 Å². The van der Waals surface area contributed by atoms with Crippen molar-refractivity contribution in [1.82, 2.24) is 0 Å². The summed E-state index contributed by atoms with van der Waals surface area (Å²) in [4.78, 5) is 13.5. The summed E-state index contributed by atoms with van der Waals surface area (Å²) in [6.07, 6.45) is 5.15. The van der Waals surface area contributed by atoms with Crippen molar-refractivity contribution in [3.63, 3.8) is 0 Å². The zero-order valence-electron chi connectivity index (χ0n) is 18.9. The van der Waals surface area contributed by atoms with Crippen molar-refractivity contribution in [2.45, 2.75) is 77.5 Å². The number of fused-ring (bicyclic) bond motifs is 5. The number of alkyl halides is 3. The number of benzene rings is 1. The second-order valence-corrected chi connectivity index (χ2v) is 11.4. The van der Waals surface area contributed by atoms with E-state index < -0.39 is 11.7 Å². The molecule has 1 N–H and O–H groups in total. The van der Waals surface area contributed by atoms with Gasteiger partial charge in [-0.1, -0.05) is 26.0 Å². The minimum atomic E-state index is -4.35. The standard InChI is InChI=1S/C27H33F3O2/c1-25-11-9-20(31)15-19(25)7-8-21-22(25)10-12-26(2)23(21)14-17(24(26)32)13-16-3-5-18(6-4-16)27(28,29)30/h3-6,13,19-23,31H,7-12,14-15H2,1-2H3/b17-13+/t19-,20+,21-,22+,23+,25+,26+/m1/s1. The average molecular weight is 447 g/mol. The number of hydrogen-bond donors (Lipinski definition) is 1. The molecule has 0 saturated heterocycles. The molecule has 0 heterocycles. The molecule has 5 heteroatoms. The minimum absolute atomic E-state index is 0.162. The van der Waals surface area contributed by atoms with Crippen molar-refractivity contribution in [2.75, 3.05) is 0 Å². The molecule has 0 amide bonds. The zero-order chi connectivity index (χ0) is 22.9. The van der Waals surface area contributed by atoms with Gasteiger partial charge in [-0.25, -0.2) is 0 Å². The Labute approximate surface area is 188 Å². The quantitative estimate of drug-likeness (QED) is 0.489. The second-order valence-electron chi connectivity index (χ2n) is 11.4. The fourth-order valence-electron chi connectivity index (χ4n) is 8.00. The lowest BCUT2D eigenvalue weighted by Crippen LogP contribution is -2.54. The molecule has 32 heavy (non-hydrogen) atoms. The van der Waals surface area contributed by atoms with Crippen molar-refractivity contribution >= 4 is 11.9 Å². The van der Waals surface area contributed by atoms with Crippen LogP contribution in [-0.4, -0.2) is 17.0 Å². The van der Waals surface area contributed by atoms with E-state index in [-0.39, 0.29) is 22.7 Å². The molecule has 0 bridgehead atoms. The van der Waals surface area contributed by atoms with Gasteiger partial charge in [-0.3, -0.25) is 4.79 Å². The van der Waals surface area contributed by atoms with Gasteiger partial charge in [0.05, 0.1) is 11.7 Å². The first-order valence-electron chi connectivity index (χ1n) is 12.1. The van der Waals surface area contributed by atoms with E-state index in [1.54, 1.807) is 0 Å². The summed E-state index contributed by atoms with van der Waals surface area (Å²) < 4.78 is 38.6. The first kappa shape index (κ1) is 22.2. The van der Waals surface area contributed by atoms with E-state index >= 15 is 0 Å². The predicted molar refractivity (Wildman–Crippen MR) is 118 cm³/mol. The number of allylic oxidation sites excluding steroid dienone is 1. The van der Waals surface area contributed by atoms with Gasteiger partial charge in [-0.05, 0) is 110 Å². The Morgan fingerprint density at radius 3 is 2.41 bits per heavy atom. The zero-order valence-corrected chi connectivity index (χ0v) is 18.9. The van der Waals surface area contributed by atoms with Crippen LogP contribution in [0.15, 0.2) is 29.8 Å². The van der Waals surface area contributed by atoms with Crippen molar-refractivity contribution in [1.29, 1.82) is 0 Å². The van der Waals surface area contributed by atoms with Gasteiger partial charge >= 0.3 is 6.18 Å². The molecule has 4 fully saturated rings. The van der Waals surface area contributed by atoms with Crippen LogP contribution in [0.25, 0.3) is 6.08 Å². The van der Waals surface area contributed by atoms with Crippen LogP contribution in [0.2, 0.25) is 0 Å². The molecule has 4 aliphatic carbocycles. The molecule has 0 radical (unpaired) electrons. The van der Waals surface area contributed by atoms with E-state index in [4.69, 9.17) is 0 Å². The highest BCUT2D eigenvalue weighted by atomic mass is 19.4. The molecule has 0 aliphatic heterocycles. The van der Waals surface area contributed by atoms with Gasteiger partial charge in [-0.2, -0.15) is 13.2 Å². The van der Waals surface area contributed by atoms with E-state index in [9.17, 15) is 23.1 Å². The third-order valence-corrected chi connectivity index (χ3v) is 9.86. The second kappa shape index (κ2) is 7.44. The first-order valence-corrected chi connectivity index (χ1v) is 12.1. The maximum Gasteiger partial charge on any atom is 0.416 e. The van der Waals surface area contributed by atoms with Crippen LogP contribution in [0.1, 0.15) is 76.3 Å². The molecule has 2 nitrogen and oxygen atoms in total. The molecule has 0 unspecified atom stereocenters. The summed E-state index contributed by atoms with van der Waals surface area (Å²) in [5, 5.41) is 10.2. The monoisotopic (exact) mass is 446 g/mol. The third kappa shape index (κ3) is 3.38.